The van der Waals surface area contributed by atoms with Crippen LogP contribution in [0.25, 0.3) is 22.1 Å². The highest BCUT2D eigenvalue weighted by atomic mass is 19.4. The summed E-state index contributed by atoms with van der Waals surface area (Å²) >= 11 is 0. The highest BCUT2D eigenvalue weighted by Crippen LogP contribution is 2.43. The lowest BCUT2D eigenvalue weighted by Crippen LogP contribution is -2.41. The number of unbranched alkanes of at least 4 members (excludes halogenated alkanes) is 2. The first kappa shape index (κ1) is 31.0. The zero-order chi connectivity index (χ0) is 30.7. The Labute approximate surface area is 236 Å². The molecule has 1 aromatic heterocycles. The molecule has 0 amide bonds. The van der Waals surface area contributed by atoms with Crippen molar-refractivity contribution in [2.24, 2.45) is 5.92 Å². The summed E-state index contributed by atoms with van der Waals surface area (Å²) in [6.45, 7) is 5.20. The van der Waals surface area contributed by atoms with Gasteiger partial charge in [-0.2, -0.15) is 13.2 Å². The van der Waals surface area contributed by atoms with Gasteiger partial charge in [-0.15, -0.1) is 13.2 Å². The van der Waals surface area contributed by atoms with Crippen LogP contribution in [0.2, 0.25) is 0 Å². The molecule has 0 N–H and O–H groups in total. The van der Waals surface area contributed by atoms with Gasteiger partial charge in [0.2, 0.25) is 0 Å². The Morgan fingerprint density at radius 1 is 1.00 bits per heavy atom. The lowest BCUT2D eigenvalue weighted by Gasteiger charge is -2.27. The van der Waals surface area contributed by atoms with Gasteiger partial charge in [-0.1, -0.05) is 38.5 Å². The molecule has 0 aliphatic heterocycles. The van der Waals surface area contributed by atoms with Crippen LogP contribution in [-0.2, 0) is 16.0 Å². The van der Waals surface area contributed by atoms with Crippen molar-refractivity contribution >= 4 is 16.9 Å². The average Bonchev–Trinajstić information content (AvgIpc) is 3.30. The van der Waals surface area contributed by atoms with Crippen LogP contribution in [0.5, 0.6) is 11.5 Å². The Morgan fingerprint density at radius 3 is 2.40 bits per heavy atom. The number of fused-ring (bicyclic) bond motifs is 1. The molecule has 1 aliphatic rings. The van der Waals surface area contributed by atoms with Gasteiger partial charge in [0.25, 0.3) is 0 Å². The van der Waals surface area contributed by atoms with Crippen molar-refractivity contribution in [1.29, 1.82) is 0 Å². The third-order valence-corrected chi connectivity index (χ3v) is 6.97. The molecule has 1 heterocycles. The molecule has 6 nitrogen and oxygen atoms in total. The fourth-order valence-electron chi connectivity index (χ4n) is 5.07. The zero-order valence-electron chi connectivity index (χ0n) is 22.5. The predicted molar refractivity (Wildman–Crippen MR) is 141 cm³/mol. The topological polar surface area (TPSA) is 75.0 Å². The van der Waals surface area contributed by atoms with E-state index < -0.39 is 48.0 Å². The predicted octanol–water partition coefficient (Wildman–Crippen LogP) is 7.91. The van der Waals surface area contributed by atoms with Crippen LogP contribution < -0.4 is 15.1 Å². The highest BCUT2D eigenvalue weighted by molar-refractivity contribution is 5.84. The molecule has 226 valence electrons. The van der Waals surface area contributed by atoms with Crippen LogP contribution in [0.1, 0.15) is 44.6 Å². The van der Waals surface area contributed by atoms with Gasteiger partial charge in [0.05, 0.1) is 5.56 Å². The monoisotopic (exact) mass is 598 g/mol. The number of aryl methyl sites for hydroxylation is 1. The van der Waals surface area contributed by atoms with Gasteiger partial charge in [-0.3, -0.25) is 0 Å². The van der Waals surface area contributed by atoms with E-state index in [-0.39, 0.29) is 35.3 Å². The van der Waals surface area contributed by atoms with Crippen molar-refractivity contribution in [1.82, 2.24) is 0 Å². The summed E-state index contributed by atoms with van der Waals surface area (Å²) in [5.41, 5.74) is -0.719. The first-order chi connectivity index (χ1) is 19.8. The number of benzene rings is 2. The molecule has 4 rings (SSSR count). The van der Waals surface area contributed by atoms with Crippen LogP contribution in [0.3, 0.4) is 0 Å². The van der Waals surface area contributed by atoms with Gasteiger partial charge in [0.15, 0.2) is 0 Å². The van der Waals surface area contributed by atoms with E-state index in [1.54, 1.807) is 6.07 Å². The van der Waals surface area contributed by atoms with E-state index in [0.29, 0.717) is 17.4 Å². The number of carbonyl (C=O) groups is 1. The third kappa shape index (κ3) is 7.46. The molecule has 42 heavy (non-hydrogen) atoms. The van der Waals surface area contributed by atoms with Crippen LogP contribution in [0, 0.1) is 5.92 Å². The number of ether oxygens (including phenoxy) is 3. The molecule has 3 unspecified atom stereocenters. The van der Waals surface area contributed by atoms with Crippen LogP contribution in [0.15, 0.2) is 64.3 Å². The average molecular weight is 599 g/mol. The fourth-order valence-corrected chi connectivity index (χ4v) is 5.07. The van der Waals surface area contributed by atoms with E-state index in [2.05, 4.69) is 11.3 Å². The Morgan fingerprint density at radius 2 is 1.74 bits per heavy atom. The lowest BCUT2D eigenvalue weighted by atomic mass is 10.00. The second kappa shape index (κ2) is 12.5. The van der Waals surface area contributed by atoms with Gasteiger partial charge in [0, 0.05) is 23.1 Å². The first-order valence-corrected chi connectivity index (χ1v) is 13.3. The number of halogens is 6. The summed E-state index contributed by atoms with van der Waals surface area (Å²) < 4.78 is 101. The first-order valence-electron chi connectivity index (χ1n) is 13.3. The molecule has 3 atom stereocenters. The van der Waals surface area contributed by atoms with E-state index in [9.17, 15) is 35.9 Å². The quantitative estimate of drug-likeness (QED) is 0.0777. The van der Waals surface area contributed by atoms with Crippen LogP contribution in [0.4, 0.5) is 26.3 Å². The molecular weight excluding hydrogens is 570 g/mol. The van der Waals surface area contributed by atoms with Crippen molar-refractivity contribution < 1.29 is 49.8 Å². The van der Waals surface area contributed by atoms with Crippen molar-refractivity contribution in [2.75, 3.05) is 0 Å². The van der Waals surface area contributed by atoms with E-state index in [1.165, 1.54) is 36.4 Å². The van der Waals surface area contributed by atoms with Crippen molar-refractivity contribution in [3.05, 3.63) is 71.1 Å². The third-order valence-electron chi connectivity index (χ3n) is 6.97. The molecule has 0 saturated heterocycles. The highest BCUT2D eigenvalue weighted by Gasteiger charge is 2.55. The summed E-state index contributed by atoms with van der Waals surface area (Å²) in [5, 5.41) is 0.290. The Balaban J connectivity index is 1.63. The Kier molecular flexibility index (Phi) is 9.22. The zero-order valence-corrected chi connectivity index (χ0v) is 22.5. The minimum absolute atomic E-state index is 0.0362. The second-order valence-electron chi connectivity index (χ2n) is 9.96. The summed E-state index contributed by atoms with van der Waals surface area (Å²) in [5.74, 6) is -3.66. The van der Waals surface area contributed by atoms with E-state index >= 15 is 0 Å². The maximum Gasteiger partial charge on any atom is 0.573 e. The van der Waals surface area contributed by atoms with E-state index in [1.807, 2.05) is 6.92 Å². The number of hydrogen-bond acceptors (Lipinski definition) is 6. The van der Waals surface area contributed by atoms with Crippen LogP contribution >= 0.6 is 0 Å². The molecule has 1 saturated carbocycles. The number of hydrogen-bond donors (Lipinski definition) is 0. The number of carbonyl (C=O) groups excluding carboxylic acids is 1. The minimum atomic E-state index is -5.00. The van der Waals surface area contributed by atoms with Crippen molar-refractivity contribution in [3.8, 4) is 22.6 Å². The summed E-state index contributed by atoms with van der Waals surface area (Å²) in [7, 11) is 0. The van der Waals surface area contributed by atoms with Crippen molar-refractivity contribution in [2.45, 2.75) is 70.2 Å². The minimum Gasteiger partial charge on any atom is -0.489 e. The summed E-state index contributed by atoms with van der Waals surface area (Å²) in [6, 6.07) is 9.54. The standard InChI is InChI=1S/C30H28F6O6/c1-3-5-6-7-17-8-11-20(25(14-17)42-30(34,35)36)21-15-18-9-10-19(16-24(18)41-28(21)38)39-22-12-13-23(40-26(37)4-2)27(22)29(31,32)33/h4,8-11,14-16,22-23,27H,2-3,5-7,12-13H2,1H3. The molecule has 3 aromatic rings. The van der Waals surface area contributed by atoms with E-state index in [4.69, 9.17) is 13.9 Å². The molecule has 0 spiro atoms. The van der Waals surface area contributed by atoms with Gasteiger partial charge in [-0.25, -0.2) is 9.59 Å². The summed E-state index contributed by atoms with van der Waals surface area (Å²) in [6.07, 6.45) is -8.78. The molecule has 0 radical (unpaired) electrons. The molecule has 0 bridgehead atoms. The number of alkyl halides is 6. The van der Waals surface area contributed by atoms with Gasteiger partial charge in [-0.05, 0) is 55.5 Å². The lowest BCUT2D eigenvalue weighted by molar-refractivity contribution is -0.274. The normalized spacial score (nSPS) is 19.1. The number of esters is 1. The second-order valence-corrected chi connectivity index (χ2v) is 9.96. The maximum absolute atomic E-state index is 13.8. The fraction of sp³-hybridized carbons (Fsp3) is 0.400. The Bertz CT molecular complexity index is 1490. The number of rotatable bonds is 10. The van der Waals surface area contributed by atoms with Gasteiger partial charge >= 0.3 is 24.1 Å². The molecular formula is C30H28F6O6. The largest absolute Gasteiger partial charge is 0.573 e. The van der Waals surface area contributed by atoms with E-state index in [0.717, 1.165) is 25.3 Å². The Hall–Kier alpha value is -3.96. The van der Waals surface area contributed by atoms with Gasteiger partial charge < -0.3 is 18.6 Å². The maximum atomic E-state index is 13.8. The molecule has 12 heteroatoms. The molecule has 1 aliphatic carbocycles. The molecule has 2 aromatic carbocycles. The van der Waals surface area contributed by atoms with Gasteiger partial charge in [0.1, 0.15) is 35.2 Å². The summed E-state index contributed by atoms with van der Waals surface area (Å²) in [4.78, 5) is 24.4. The van der Waals surface area contributed by atoms with Crippen molar-refractivity contribution in [3.63, 3.8) is 0 Å². The SMILES string of the molecule is C=CC(=O)OC1CCC(Oc2ccc3cc(-c4ccc(CCCCC)cc4OC(F)(F)F)c(=O)oc3c2)C1C(F)(F)F. The smallest absolute Gasteiger partial charge is 0.489 e. The molecule has 1 fully saturated rings. The van der Waals surface area contributed by atoms with Crippen LogP contribution in [-0.4, -0.2) is 30.7 Å².